The van der Waals surface area contributed by atoms with E-state index in [1.165, 1.54) is 25.3 Å². The van der Waals surface area contributed by atoms with Crippen LogP contribution in [0.4, 0.5) is 5.69 Å². The minimum Gasteiger partial charge on any atom is -0.502 e. The third kappa shape index (κ3) is 3.30. The predicted octanol–water partition coefficient (Wildman–Crippen LogP) is 3.29. The number of aromatic hydroxyl groups is 1. The van der Waals surface area contributed by atoms with Gasteiger partial charge in [-0.2, -0.15) is 0 Å². The maximum Gasteiger partial charge on any atom is 0.315 e. The number of benzene rings is 1. The van der Waals surface area contributed by atoms with E-state index in [-0.39, 0.29) is 11.2 Å². The first-order chi connectivity index (χ1) is 13.1. The van der Waals surface area contributed by atoms with E-state index in [2.05, 4.69) is 4.99 Å². The summed E-state index contributed by atoms with van der Waals surface area (Å²) < 4.78 is 4.94. The molecule has 1 N–H and O–H groups in total. The maximum absolute atomic E-state index is 13.0. The predicted molar refractivity (Wildman–Crippen MR) is 101 cm³/mol. The second-order valence-electron chi connectivity index (χ2n) is 8.04. The molecule has 0 fully saturated rings. The van der Waals surface area contributed by atoms with Gasteiger partial charge < -0.3 is 9.84 Å². The Hall–Kier alpha value is -3.03. The van der Waals surface area contributed by atoms with Crippen molar-refractivity contribution < 1.29 is 24.4 Å². The maximum atomic E-state index is 13.0. The number of phenolic OH excluding ortho intramolecular Hbond substituents is 1. The molecule has 1 unspecified atom stereocenters. The normalized spacial score (nSPS) is 23.7. The largest absolute Gasteiger partial charge is 0.502 e. The molecule has 2 aliphatic rings. The Balaban J connectivity index is 2.21. The van der Waals surface area contributed by atoms with Crippen LogP contribution in [0.15, 0.2) is 34.5 Å². The number of carbonyl (C=O) groups is 2. The molecule has 0 bridgehead atoms. The molecular formula is C20H22N2O6. The standard InChI is InChI=1S/C20H22N2O6/c1-10-16(19(25)28-4)17(11-5-6-13(22(26)27)14(23)7-11)18-12(21-10)8-20(2,3)9-15(18)24/h5-7,16-17,23H,8-9H2,1-4H3/t16?,17-/m0/s1. The number of hydrogen-bond donors (Lipinski definition) is 1. The average Bonchev–Trinajstić information content (AvgIpc) is 2.58. The molecule has 148 valence electrons. The Kier molecular flexibility index (Phi) is 4.82. The fraction of sp³-hybridized carbons (Fsp3) is 0.450. The molecule has 3 rings (SSSR count). The van der Waals surface area contributed by atoms with Crippen molar-refractivity contribution in [1.82, 2.24) is 0 Å². The summed E-state index contributed by atoms with van der Waals surface area (Å²) in [6, 6.07) is 3.89. The Morgan fingerprint density at radius 2 is 2.04 bits per heavy atom. The summed E-state index contributed by atoms with van der Waals surface area (Å²) >= 11 is 0. The highest BCUT2D eigenvalue weighted by atomic mass is 16.6. The molecule has 2 atom stereocenters. The van der Waals surface area contributed by atoms with E-state index in [0.717, 1.165) is 0 Å². The zero-order valence-electron chi connectivity index (χ0n) is 16.2. The number of nitro groups is 1. The van der Waals surface area contributed by atoms with Gasteiger partial charge in [-0.05, 0) is 30.4 Å². The van der Waals surface area contributed by atoms with Crippen molar-refractivity contribution >= 4 is 23.2 Å². The number of nitro benzene ring substituents is 1. The first-order valence-corrected chi connectivity index (χ1v) is 8.92. The lowest BCUT2D eigenvalue weighted by atomic mass is 9.67. The number of phenols is 1. The number of allylic oxidation sites excluding steroid dienone is 2. The zero-order valence-corrected chi connectivity index (χ0v) is 16.2. The number of rotatable bonds is 3. The van der Waals surface area contributed by atoms with E-state index < -0.39 is 34.2 Å². The number of carbonyl (C=O) groups excluding carboxylic acids is 2. The van der Waals surface area contributed by atoms with Gasteiger partial charge in [-0.3, -0.25) is 24.7 Å². The summed E-state index contributed by atoms with van der Waals surface area (Å²) in [5.41, 5.74) is 1.31. The highest BCUT2D eigenvalue weighted by Crippen LogP contribution is 2.48. The Bertz CT molecular complexity index is 944. The van der Waals surface area contributed by atoms with E-state index in [0.29, 0.717) is 35.4 Å². The fourth-order valence-electron chi connectivity index (χ4n) is 4.13. The summed E-state index contributed by atoms with van der Waals surface area (Å²) in [5.74, 6) is -2.73. The SMILES string of the molecule is COC(=O)C1C(C)=NC2=C(C(=O)CC(C)(C)C2)[C@H]1c1ccc([N+](=O)[O-])c(O)c1. The molecule has 1 aromatic rings. The molecule has 0 saturated carbocycles. The number of esters is 1. The van der Waals surface area contributed by atoms with Crippen molar-refractivity contribution in [2.45, 2.75) is 39.5 Å². The van der Waals surface area contributed by atoms with Gasteiger partial charge in [0.05, 0.1) is 12.0 Å². The molecule has 0 aromatic heterocycles. The quantitative estimate of drug-likeness (QED) is 0.484. The molecule has 8 heteroatoms. The van der Waals surface area contributed by atoms with Crippen molar-refractivity contribution in [3.8, 4) is 5.75 Å². The van der Waals surface area contributed by atoms with Crippen molar-refractivity contribution in [1.29, 1.82) is 0 Å². The second kappa shape index (κ2) is 6.85. The lowest BCUT2D eigenvalue weighted by Gasteiger charge is -2.38. The number of ketones is 1. The lowest BCUT2D eigenvalue weighted by molar-refractivity contribution is -0.385. The topological polar surface area (TPSA) is 119 Å². The van der Waals surface area contributed by atoms with E-state index in [1.807, 2.05) is 13.8 Å². The first-order valence-electron chi connectivity index (χ1n) is 8.92. The second-order valence-corrected chi connectivity index (χ2v) is 8.04. The van der Waals surface area contributed by atoms with E-state index in [4.69, 9.17) is 4.74 Å². The van der Waals surface area contributed by atoms with Gasteiger partial charge in [-0.1, -0.05) is 19.9 Å². The van der Waals surface area contributed by atoms with E-state index in [1.54, 1.807) is 6.92 Å². The van der Waals surface area contributed by atoms with E-state index in [9.17, 15) is 24.8 Å². The van der Waals surface area contributed by atoms with Crippen molar-refractivity contribution in [3.05, 3.63) is 45.1 Å². The fourth-order valence-corrected chi connectivity index (χ4v) is 4.13. The number of nitrogens with zero attached hydrogens (tertiary/aromatic N) is 2. The van der Waals surface area contributed by atoms with Gasteiger partial charge in [0.25, 0.3) is 0 Å². The number of methoxy groups -OCH3 is 1. The average molecular weight is 386 g/mol. The summed E-state index contributed by atoms with van der Waals surface area (Å²) in [6.07, 6.45) is 0.887. The lowest BCUT2D eigenvalue weighted by Crippen LogP contribution is -2.39. The highest BCUT2D eigenvalue weighted by Gasteiger charge is 2.46. The highest BCUT2D eigenvalue weighted by molar-refractivity contribution is 6.09. The van der Waals surface area contributed by atoms with Crippen LogP contribution in [0.1, 0.15) is 45.1 Å². The van der Waals surface area contributed by atoms with Crippen LogP contribution in [-0.4, -0.2) is 34.6 Å². The molecule has 0 saturated heterocycles. The minimum absolute atomic E-state index is 0.112. The Morgan fingerprint density at radius 3 is 2.61 bits per heavy atom. The van der Waals surface area contributed by atoms with Crippen molar-refractivity contribution in [3.63, 3.8) is 0 Å². The third-order valence-corrected chi connectivity index (χ3v) is 5.31. The third-order valence-electron chi connectivity index (χ3n) is 5.31. The molecule has 1 aliphatic heterocycles. The molecule has 28 heavy (non-hydrogen) atoms. The van der Waals surface area contributed by atoms with Crippen molar-refractivity contribution in [2.24, 2.45) is 16.3 Å². The summed E-state index contributed by atoms with van der Waals surface area (Å²) in [6.45, 7) is 5.67. The summed E-state index contributed by atoms with van der Waals surface area (Å²) in [7, 11) is 1.26. The van der Waals surface area contributed by atoms with Gasteiger partial charge >= 0.3 is 11.7 Å². The van der Waals surface area contributed by atoms with Crippen LogP contribution in [0.5, 0.6) is 5.75 Å². The van der Waals surface area contributed by atoms with Gasteiger partial charge in [0.1, 0.15) is 5.92 Å². The minimum atomic E-state index is -0.838. The van der Waals surface area contributed by atoms with Gasteiger partial charge in [-0.25, -0.2) is 0 Å². The summed E-state index contributed by atoms with van der Waals surface area (Å²) in [4.78, 5) is 40.4. The van der Waals surface area contributed by atoms with Crippen LogP contribution in [-0.2, 0) is 14.3 Å². The Morgan fingerprint density at radius 1 is 1.36 bits per heavy atom. The first kappa shape index (κ1) is 19.7. The van der Waals surface area contributed by atoms with Crippen LogP contribution in [0.25, 0.3) is 0 Å². The molecule has 0 amide bonds. The number of ether oxygens (including phenoxy) is 1. The molecule has 0 radical (unpaired) electrons. The van der Waals surface area contributed by atoms with Crippen molar-refractivity contribution in [2.75, 3.05) is 7.11 Å². The van der Waals surface area contributed by atoms with Crippen LogP contribution in [0.3, 0.4) is 0 Å². The summed E-state index contributed by atoms with van der Waals surface area (Å²) in [5, 5.41) is 21.1. The molecule has 1 aromatic carbocycles. The van der Waals surface area contributed by atoms with Crippen LogP contribution in [0, 0.1) is 21.4 Å². The monoisotopic (exact) mass is 386 g/mol. The van der Waals surface area contributed by atoms with Gasteiger partial charge in [0, 0.05) is 35.4 Å². The van der Waals surface area contributed by atoms with Gasteiger partial charge in [0.15, 0.2) is 11.5 Å². The number of hydrogen-bond acceptors (Lipinski definition) is 7. The smallest absolute Gasteiger partial charge is 0.315 e. The number of aliphatic imine (C=N–C) groups is 1. The van der Waals surface area contributed by atoms with Gasteiger partial charge in [0.2, 0.25) is 0 Å². The van der Waals surface area contributed by atoms with Crippen LogP contribution in [0.2, 0.25) is 0 Å². The zero-order chi connectivity index (χ0) is 20.8. The molecule has 1 aliphatic carbocycles. The van der Waals surface area contributed by atoms with Crippen LogP contribution >= 0.6 is 0 Å². The molecular weight excluding hydrogens is 364 g/mol. The van der Waals surface area contributed by atoms with Crippen LogP contribution < -0.4 is 0 Å². The number of Topliss-reactive ketones (excluding diaryl/α,β-unsaturated/α-hetero) is 1. The van der Waals surface area contributed by atoms with Gasteiger partial charge in [-0.15, -0.1) is 0 Å². The molecule has 1 heterocycles. The molecule has 8 nitrogen and oxygen atoms in total. The van der Waals surface area contributed by atoms with E-state index >= 15 is 0 Å². The Labute approximate surface area is 162 Å². The molecule has 0 spiro atoms.